The highest BCUT2D eigenvalue weighted by atomic mass is 32.1. The Bertz CT molecular complexity index is 976. The van der Waals surface area contributed by atoms with E-state index in [4.69, 9.17) is 4.74 Å². The Morgan fingerprint density at radius 2 is 2.03 bits per heavy atom. The first kappa shape index (κ1) is 22.1. The molecule has 1 N–H and O–H groups in total. The number of methoxy groups -OCH3 is 1. The monoisotopic (exact) mass is 439 g/mol. The third-order valence-electron chi connectivity index (χ3n) is 7.68. The number of thiophene rings is 1. The van der Waals surface area contributed by atoms with Crippen LogP contribution in [0.25, 0.3) is 10.1 Å². The van der Waals surface area contributed by atoms with Crippen LogP contribution in [0.1, 0.15) is 62.7 Å². The van der Waals surface area contributed by atoms with Gasteiger partial charge in [0.05, 0.1) is 12.7 Å². The van der Waals surface area contributed by atoms with Gasteiger partial charge in [0.15, 0.2) is 0 Å². The third kappa shape index (κ3) is 4.43. The fourth-order valence-electron chi connectivity index (χ4n) is 5.61. The fraction of sp³-hybridized carbons (Fsp3) is 0.538. The Morgan fingerprint density at radius 1 is 1.23 bits per heavy atom. The molecule has 5 heteroatoms. The standard InChI is InChI=1S/C26H33NO3S/c1-26(2)18-14-17(10-6-4-5-7-13-23(28)30-3)24(21(26)15-18)27-25(29)20-16-31-22-12-9-8-11-19(20)22/h4,6,8-9,11-12,16-18,21,24H,5,7,10,13-15H2,1-3H3,(H,27,29)/t17-,18-,21-,24+/m0/s1. The number of fused-ring (bicyclic) bond motifs is 3. The van der Waals surface area contributed by atoms with Crippen molar-refractivity contribution < 1.29 is 14.3 Å². The number of carbonyl (C=O) groups excluding carboxylic acids is 2. The highest BCUT2D eigenvalue weighted by Crippen LogP contribution is 2.61. The quantitative estimate of drug-likeness (QED) is 0.313. The molecule has 3 fully saturated rings. The minimum atomic E-state index is -0.147. The lowest BCUT2D eigenvalue weighted by atomic mass is 9.44. The number of nitrogens with one attached hydrogen (secondary N) is 1. The molecule has 31 heavy (non-hydrogen) atoms. The van der Waals surface area contributed by atoms with Crippen molar-refractivity contribution in [3.63, 3.8) is 0 Å². The first-order valence-electron chi connectivity index (χ1n) is 11.4. The molecule has 2 aromatic rings. The second-order valence-electron chi connectivity index (χ2n) is 9.68. The molecule has 0 aliphatic heterocycles. The van der Waals surface area contributed by atoms with Crippen LogP contribution < -0.4 is 5.32 Å². The minimum Gasteiger partial charge on any atom is -0.469 e. The van der Waals surface area contributed by atoms with E-state index in [9.17, 15) is 9.59 Å². The van der Waals surface area contributed by atoms with Crippen molar-refractivity contribution in [1.82, 2.24) is 5.32 Å². The van der Waals surface area contributed by atoms with Crippen molar-refractivity contribution in [1.29, 1.82) is 0 Å². The van der Waals surface area contributed by atoms with Crippen LogP contribution in [-0.2, 0) is 9.53 Å². The van der Waals surface area contributed by atoms with Crippen LogP contribution in [0.3, 0.4) is 0 Å². The highest BCUT2D eigenvalue weighted by Gasteiger charge is 2.57. The molecule has 4 nitrogen and oxygen atoms in total. The van der Waals surface area contributed by atoms with E-state index >= 15 is 0 Å². The largest absolute Gasteiger partial charge is 0.469 e. The maximum Gasteiger partial charge on any atom is 0.305 e. The molecule has 0 radical (unpaired) electrons. The topological polar surface area (TPSA) is 55.4 Å². The van der Waals surface area contributed by atoms with Gasteiger partial charge in [-0.3, -0.25) is 9.59 Å². The van der Waals surface area contributed by atoms with Gasteiger partial charge in [0.2, 0.25) is 0 Å². The van der Waals surface area contributed by atoms with Crippen LogP contribution in [0.15, 0.2) is 41.8 Å². The van der Waals surface area contributed by atoms with Gasteiger partial charge in [-0.2, -0.15) is 0 Å². The molecule has 0 saturated heterocycles. The fourth-order valence-corrected chi connectivity index (χ4v) is 6.55. The third-order valence-corrected chi connectivity index (χ3v) is 8.65. The summed E-state index contributed by atoms with van der Waals surface area (Å²) in [7, 11) is 1.43. The van der Waals surface area contributed by atoms with Crippen molar-refractivity contribution in [3.8, 4) is 0 Å². The molecule has 3 aliphatic carbocycles. The van der Waals surface area contributed by atoms with E-state index in [2.05, 4.69) is 37.4 Å². The molecule has 0 unspecified atom stereocenters. The SMILES string of the molecule is COC(=O)CCCC=CC[C@H]1C[C@H]2C[C@@H]([C@@H]1NC(=O)c1csc3ccccc13)C2(C)C. The Morgan fingerprint density at radius 3 is 2.81 bits per heavy atom. The van der Waals surface area contributed by atoms with Gasteiger partial charge < -0.3 is 10.1 Å². The van der Waals surface area contributed by atoms with E-state index in [-0.39, 0.29) is 17.9 Å². The van der Waals surface area contributed by atoms with Gasteiger partial charge in [0.25, 0.3) is 5.91 Å². The molecular formula is C26H33NO3S. The first-order valence-corrected chi connectivity index (χ1v) is 12.3. The number of rotatable bonds is 8. The second-order valence-corrected chi connectivity index (χ2v) is 10.6. The van der Waals surface area contributed by atoms with Gasteiger partial charge in [0.1, 0.15) is 0 Å². The molecule has 1 aromatic heterocycles. The summed E-state index contributed by atoms with van der Waals surface area (Å²) in [6.07, 6.45) is 9.98. The molecule has 3 aliphatic rings. The second kappa shape index (κ2) is 9.15. The van der Waals surface area contributed by atoms with Crippen LogP contribution >= 0.6 is 11.3 Å². The molecule has 5 rings (SSSR count). The number of allylic oxidation sites excluding steroid dienone is 2. The maximum atomic E-state index is 13.2. The number of hydrogen-bond acceptors (Lipinski definition) is 4. The van der Waals surface area contributed by atoms with Crippen molar-refractivity contribution in [3.05, 3.63) is 47.4 Å². The van der Waals surface area contributed by atoms with Crippen molar-refractivity contribution in [2.24, 2.45) is 23.2 Å². The van der Waals surface area contributed by atoms with Gasteiger partial charge in [-0.15, -0.1) is 11.3 Å². The minimum absolute atomic E-state index is 0.0654. The predicted molar refractivity (Wildman–Crippen MR) is 126 cm³/mol. The summed E-state index contributed by atoms with van der Waals surface area (Å²) in [5, 5.41) is 6.50. The summed E-state index contributed by atoms with van der Waals surface area (Å²) in [6.45, 7) is 4.73. The number of esters is 1. The van der Waals surface area contributed by atoms with Crippen LogP contribution in [0.2, 0.25) is 0 Å². The average Bonchev–Trinajstić information content (AvgIpc) is 3.20. The van der Waals surface area contributed by atoms with Crippen molar-refractivity contribution >= 4 is 33.3 Å². The number of hydrogen-bond donors (Lipinski definition) is 1. The van der Waals surface area contributed by atoms with Crippen LogP contribution in [0, 0.1) is 23.2 Å². The Hall–Kier alpha value is -2.14. The Kier molecular flexibility index (Phi) is 6.52. The number of unbranched alkanes of at least 4 members (excludes halogenated alkanes) is 1. The summed E-state index contributed by atoms with van der Waals surface area (Å²) in [6, 6.07) is 8.35. The lowest BCUT2D eigenvalue weighted by Gasteiger charge is -2.62. The van der Waals surface area contributed by atoms with E-state index < -0.39 is 0 Å². The Labute approximate surface area is 189 Å². The Balaban J connectivity index is 1.41. The van der Waals surface area contributed by atoms with Gasteiger partial charge in [-0.05, 0) is 61.3 Å². The van der Waals surface area contributed by atoms with Crippen molar-refractivity contribution in [2.45, 2.75) is 58.4 Å². The number of amides is 1. The van der Waals surface area contributed by atoms with Crippen LogP contribution in [-0.4, -0.2) is 25.0 Å². The van der Waals surface area contributed by atoms with E-state index in [0.717, 1.165) is 40.8 Å². The van der Waals surface area contributed by atoms with Gasteiger partial charge >= 0.3 is 5.97 Å². The van der Waals surface area contributed by atoms with E-state index in [1.165, 1.54) is 20.0 Å². The van der Waals surface area contributed by atoms with E-state index in [1.54, 1.807) is 11.3 Å². The smallest absolute Gasteiger partial charge is 0.305 e. The molecule has 1 amide bonds. The van der Waals surface area contributed by atoms with Crippen molar-refractivity contribution in [2.75, 3.05) is 7.11 Å². The van der Waals surface area contributed by atoms with Crippen LogP contribution in [0.5, 0.6) is 0 Å². The average molecular weight is 440 g/mol. The lowest BCUT2D eigenvalue weighted by molar-refractivity contribution is -0.140. The number of carbonyl (C=O) groups is 2. The van der Waals surface area contributed by atoms with E-state index in [1.807, 2.05) is 23.6 Å². The van der Waals surface area contributed by atoms with Gasteiger partial charge in [0, 0.05) is 27.9 Å². The molecule has 1 aromatic carbocycles. The van der Waals surface area contributed by atoms with Gasteiger partial charge in [-0.25, -0.2) is 0 Å². The number of benzene rings is 1. The zero-order chi connectivity index (χ0) is 22.0. The predicted octanol–water partition coefficient (Wildman–Crippen LogP) is 5.97. The maximum absolute atomic E-state index is 13.2. The molecule has 4 atom stereocenters. The zero-order valence-corrected chi connectivity index (χ0v) is 19.5. The van der Waals surface area contributed by atoms with Crippen LogP contribution in [0.4, 0.5) is 0 Å². The summed E-state index contributed by atoms with van der Waals surface area (Å²) in [5.41, 5.74) is 1.10. The normalized spacial score (nSPS) is 26.5. The molecule has 0 spiro atoms. The zero-order valence-electron chi connectivity index (χ0n) is 18.7. The van der Waals surface area contributed by atoms with E-state index in [0.29, 0.717) is 23.7 Å². The highest BCUT2D eigenvalue weighted by molar-refractivity contribution is 7.17. The summed E-state index contributed by atoms with van der Waals surface area (Å²) in [4.78, 5) is 24.5. The molecule has 1 heterocycles. The molecule has 2 bridgehead atoms. The lowest BCUT2D eigenvalue weighted by Crippen LogP contribution is -2.63. The summed E-state index contributed by atoms with van der Waals surface area (Å²) in [5.74, 6) is 1.69. The summed E-state index contributed by atoms with van der Waals surface area (Å²) < 4.78 is 5.85. The van der Waals surface area contributed by atoms with Gasteiger partial charge in [-0.1, -0.05) is 44.2 Å². The molecule has 166 valence electrons. The molecule has 3 saturated carbocycles. The first-order chi connectivity index (χ1) is 14.9. The summed E-state index contributed by atoms with van der Waals surface area (Å²) >= 11 is 1.64. The molecular weight excluding hydrogens is 406 g/mol. The number of ether oxygens (including phenoxy) is 1.